The second-order valence-electron chi connectivity index (χ2n) is 6.12. The molecule has 0 N–H and O–H groups in total. The molecule has 1 aromatic carbocycles. The number of hydrogen-bond donors (Lipinski definition) is 0. The summed E-state index contributed by atoms with van der Waals surface area (Å²) >= 11 is 1.56. The highest BCUT2D eigenvalue weighted by Crippen LogP contribution is 2.28. The van der Waals surface area contributed by atoms with Gasteiger partial charge in [-0.25, -0.2) is 4.99 Å². The Labute approximate surface area is 162 Å². The number of ether oxygens (including phenoxy) is 1. The van der Waals surface area contributed by atoms with Crippen LogP contribution in [-0.2, 0) is 5.75 Å². The van der Waals surface area contributed by atoms with Crippen LogP contribution in [0.2, 0.25) is 0 Å². The number of thioether (sulfide) groups is 1. The molecule has 0 atom stereocenters. The highest BCUT2D eigenvalue weighted by molar-refractivity contribution is 8.13. The Kier molecular flexibility index (Phi) is 7.71. The number of aromatic nitrogens is 1. The van der Waals surface area contributed by atoms with E-state index >= 15 is 0 Å². The number of para-hydroxylation sites is 1. The molecule has 3 nitrogen and oxygen atoms in total. The van der Waals surface area contributed by atoms with Crippen LogP contribution in [0.3, 0.4) is 0 Å². The first-order valence-corrected chi connectivity index (χ1v) is 9.68. The highest BCUT2D eigenvalue weighted by atomic mass is 32.2. The SMILES string of the molecule is CCCC(=Nc1ccccc1C)SCc1nccc(OCC(F)(F)F)c1C. The molecule has 0 aliphatic rings. The van der Waals surface area contributed by atoms with Gasteiger partial charge in [-0.15, -0.1) is 11.8 Å². The summed E-state index contributed by atoms with van der Waals surface area (Å²) in [7, 11) is 0. The molecule has 0 fully saturated rings. The van der Waals surface area contributed by atoms with Crippen LogP contribution in [0.15, 0.2) is 41.5 Å². The zero-order valence-corrected chi connectivity index (χ0v) is 16.5. The van der Waals surface area contributed by atoms with Crippen molar-refractivity contribution in [1.29, 1.82) is 0 Å². The summed E-state index contributed by atoms with van der Waals surface area (Å²) in [6.07, 6.45) is -1.09. The molecule has 0 unspecified atom stereocenters. The van der Waals surface area contributed by atoms with Gasteiger partial charge in [0.1, 0.15) is 5.75 Å². The average Bonchev–Trinajstić information content (AvgIpc) is 2.61. The van der Waals surface area contributed by atoms with Crippen molar-refractivity contribution in [2.24, 2.45) is 4.99 Å². The van der Waals surface area contributed by atoms with Crippen LogP contribution >= 0.6 is 11.8 Å². The number of pyridine rings is 1. The van der Waals surface area contributed by atoms with Gasteiger partial charge >= 0.3 is 6.18 Å². The third kappa shape index (κ3) is 6.90. The molecular weight excluding hydrogens is 373 g/mol. The van der Waals surface area contributed by atoms with E-state index in [0.717, 1.165) is 29.1 Å². The fourth-order valence-electron chi connectivity index (χ4n) is 2.37. The quantitative estimate of drug-likeness (QED) is 0.401. The van der Waals surface area contributed by atoms with Crippen molar-refractivity contribution in [2.45, 2.75) is 45.5 Å². The number of aliphatic imine (C=N–C) groups is 1. The van der Waals surface area contributed by atoms with Crippen LogP contribution in [-0.4, -0.2) is 22.8 Å². The first-order valence-electron chi connectivity index (χ1n) is 8.70. The highest BCUT2D eigenvalue weighted by Gasteiger charge is 2.28. The Morgan fingerprint density at radius 2 is 1.93 bits per heavy atom. The topological polar surface area (TPSA) is 34.5 Å². The minimum Gasteiger partial charge on any atom is -0.484 e. The van der Waals surface area contributed by atoms with Gasteiger partial charge in [0, 0.05) is 17.5 Å². The first kappa shape index (κ1) is 21.3. The molecule has 0 bridgehead atoms. The number of nitrogens with zero attached hydrogens (tertiary/aromatic N) is 2. The lowest BCUT2D eigenvalue weighted by Gasteiger charge is -2.13. The van der Waals surface area contributed by atoms with Gasteiger partial charge in [0.2, 0.25) is 0 Å². The molecule has 0 saturated heterocycles. The number of hydrogen-bond acceptors (Lipinski definition) is 4. The monoisotopic (exact) mass is 396 g/mol. The normalized spacial score (nSPS) is 12.3. The maximum Gasteiger partial charge on any atom is 0.422 e. The van der Waals surface area contributed by atoms with E-state index in [9.17, 15) is 13.2 Å². The predicted octanol–water partition coefficient (Wildman–Crippen LogP) is 6.40. The van der Waals surface area contributed by atoms with E-state index in [1.54, 1.807) is 18.7 Å². The number of alkyl halides is 3. The molecule has 0 aliphatic carbocycles. The maximum atomic E-state index is 12.4. The Bertz CT molecular complexity index is 791. The minimum atomic E-state index is -4.36. The molecule has 1 aromatic heterocycles. The van der Waals surface area contributed by atoms with Crippen LogP contribution in [0.4, 0.5) is 18.9 Å². The summed E-state index contributed by atoms with van der Waals surface area (Å²) in [5.74, 6) is 0.741. The Morgan fingerprint density at radius 3 is 2.59 bits per heavy atom. The second kappa shape index (κ2) is 9.78. The minimum absolute atomic E-state index is 0.214. The lowest BCUT2D eigenvalue weighted by Crippen LogP contribution is -2.19. The third-order valence-electron chi connectivity index (χ3n) is 3.85. The molecule has 0 radical (unpaired) electrons. The lowest BCUT2D eigenvalue weighted by atomic mass is 10.2. The summed E-state index contributed by atoms with van der Waals surface area (Å²) in [6, 6.07) is 9.37. The third-order valence-corrected chi connectivity index (χ3v) is 4.90. The van der Waals surface area contributed by atoms with Gasteiger partial charge in [-0.2, -0.15) is 13.2 Å². The first-order chi connectivity index (χ1) is 12.8. The molecule has 0 amide bonds. The molecule has 27 heavy (non-hydrogen) atoms. The molecule has 1 heterocycles. The summed E-state index contributed by atoms with van der Waals surface area (Å²) in [4.78, 5) is 9.06. The summed E-state index contributed by atoms with van der Waals surface area (Å²) in [5.41, 5.74) is 3.36. The number of halogens is 3. The van der Waals surface area contributed by atoms with E-state index in [4.69, 9.17) is 9.73 Å². The number of aryl methyl sites for hydroxylation is 1. The summed E-state index contributed by atoms with van der Waals surface area (Å²) in [5, 5.41) is 0.981. The maximum absolute atomic E-state index is 12.4. The van der Waals surface area contributed by atoms with Gasteiger partial charge in [0.25, 0.3) is 0 Å². The Morgan fingerprint density at radius 1 is 1.19 bits per heavy atom. The number of rotatable bonds is 7. The molecule has 7 heteroatoms. The summed E-state index contributed by atoms with van der Waals surface area (Å²) < 4.78 is 42.1. The van der Waals surface area contributed by atoms with Crippen molar-refractivity contribution in [3.63, 3.8) is 0 Å². The van der Waals surface area contributed by atoms with E-state index < -0.39 is 12.8 Å². The van der Waals surface area contributed by atoms with Crippen LogP contribution in [0.25, 0.3) is 0 Å². The van der Waals surface area contributed by atoms with Crippen LogP contribution in [0, 0.1) is 13.8 Å². The standard InChI is InChI=1S/C20H23F3N2OS/c1-4-7-19(25-16-9-6-5-8-14(16)2)27-12-17-15(3)18(10-11-24-17)26-13-20(21,22)23/h5-6,8-11H,4,7,12-13H2,1-3H3. The van der Waals surface area contributed by atoms with Crippen LogP contribution < -0.4 is 4.74 Å². The largest absolute Gasteiger partial charge is 0.484 e. The molecule has 2 rings (SSSR count). The van der Waals surface area contributed by atoms with Crippen molar-refractivity contribution in [2.75, 3.05) is 6.61 Å². The fraction of sp³-hybridized carbons (Fsp3) is 0.400. The van der Waals surface area contributed by atoms with Crippen molar-refractivity contribution >= 4 is 22.5 Å². The molecular formula is C20H23F3N2OS. The second-order valence-corrected chi connectivity index (χ2v) is 7.16. The van der Waals surface area contributed by atoms with E-state index in [1.807, 2.05) is 31.2 Å². The van der Waals surface area contributed by atoms with Crippen molar-refractivity contribution in [1.82, 2.24) is 4.98 Å². The molecule has 146 valence electrons. The predicted molar refractivity (Wildman–Crippen MR) is 105 cm³/mol. The fourth-order valence-corrected chi connectivity index (χ4v) is 3.48. The van der Waals surface area contributed by atoms with Gasteiger partial charge in [-0.1, -0.05) is 31.5 Å². The molecule has 2 aromatic rings. The smallest absolute Gasteiger partial charge is 0.422 e. The van der Waals surface area contributed by atoms with Gasteiger partial charge in [0.05, 0.1) is 16.4 Å². The average molecular weight is 396 g/mol. The van der Waals surface area contributed by atoms with Gasteiger partial charge in [-0.05, 0) is 38.0 Å². The van der Waals surface area contributed by atoms with Gasteiger partial charge in [0.15, 0.2) is 6.61 Å². The number of benzene rings is 1. The molecule has 0 aliphatic heterocycles. The lowest BCUT2D eigenvalue weighted by molar-refractivity contribution is -0.153. The summed E-state index contributed by atoms with van der Waals surface area (Å²) in [6.45, 7) is 4.52. The zero-order valence-electron chi connectivity index (χ0n) is 15.6. The van der Waals surface area contributed by atoms with Gasteiger partial charge in [-0.3, -0.25) is 4.98 Å². The van der Waals surface area contributed by atoms with E-state index in [2.05, 4.69) is 11.9 Å². The van der Waals surface area contributed by atoms with E-state index in [1.165, 1.54) is 12.3 Å². The Balaban J connectivity index is 2.12. The van der Waals surface area contributed by atoms with Gasteiger partial charge < -0.3 is 4.74 Å². The Hall–Kier alpha value is -2.02. The van der Waals surface area contributed by atoms with E-state index in [0.29, 0.717) is 17.0 Å². The van der Waals surface area contributed by atoms with Crippen molar-refractivity contribution < 1.29 is 17.9 Å². The van der Waals surface area contributed by atoms with Crippen LogP contribution in [0.5, 0.6) is 5.75 Å². The van der Waals surface area contributed by atoms with Crippen LogP contribution in [0.1, 0.15) is 36.6 Å². The zero-order chi connectivity index (χ0) is 19.9. The molecule has 0 saturated carbocycles. The molecule has 0 spiro atoms. The van der Waals surface area contributed by atoms with Crippen molar-refractivity contribution in [3.05, 3.63) is 53.3 Å². The van der Waals surface area contributed by atoms with E-state index in [-0.39, 0.29) is 5.75 Å². The van der Waals surface area contributed by atoms with Crippen molar-refractivity contribution in [3.8, 4) is 5.75 Å².